The van der Waals surface area contributed by atoms with Gasteiger partial charge in [0.15, 0.2) is 0 Å². The molecule has 1 heterocycles. The second-order valence-corrected chi connectivity index (χ2v) is 3.55. The van der Waals surface area contributed by atoms with Gasteiger partial charge in [0.2, 0.25) is 0 Å². The Balaban J connectivity index is 2.57. The summed E-state index contributed by atoms with van der Waals surface area (Å²) in [6.07, 6.45) is 1.03. The minimum Gasteiger partial charge on any atom is -0.299 e. The quantitative estimate of drug-likeness (QED) is 0.688. The van der Waals surface area contributed by atoms with E-state index in [2.05, 4.69) is 10.2 Å². The molecule has 0 unspecified atom stereocenters. The summed E-state index contributed by atoms with van der Waals surface area (Å²) in [5.41, 5.74) is 0. The molecule has 0 bridgehead atoms. The number of aromatic nitrogens is 2. The maximum Gasteiger partial charge on any atom is 0.139 e. The van der Waals surface area contributed by atoms with Gasteiger partial charge in [0, 0.05) is 6.42 Å². The Kier molecular flexibility index (Phi) is 2.70. The third-order valence-corrected chi connectivity index (χ3v) is 2.15. The van der Waals surface area contributed by atoms with E-state index in [1.165, 1.54) is 11.3 Å². The van der Waals surface area contributed by atoms with Gasteiger partial charge in [-0.05, 0) is 6.92 Å². The van der Waals surface area contributed by atoms with Crippen LogP contribution in [-0.2, 0) is 11.2 Å². The number of rotatable bonds is 3. The average molecular weight is 170 g/mol. The van der Waals surface area contributed by atoms with Crippen LogP contribution in [0.15, 0.2) is 0 Å². The number of carbonyl (C=O) groups excluding carboxylic acids is 1. The zero-order valence-corrected chi connectivity index (χ0v) is 7.44. The molecule has 3 nitrogen and oxygen atoms in total. The van der Waals surface area contributed by atoms with Crippen molar-refractivity contribution in [1.82, 2.24) is 10.2 Å². The monoisotopic (exact) mass is 170 g/mol. The van der Waals surface area contributed by atoms with Crippen LogP contribution in [0.3, 0.4) is 0 Å². The van der Waals surface area contributed by atoms with Gasteiger partial charge in [0.05, 0.1) is 6.42 Å². The van der Waals surface area contributed by atoms with Crippen LogP contribution in [-0.4, -0.2) is 16.0 Å². The van der Waals surface area contributed by atoms with E-state index in [9.17, 15) is 4.79 Å². The number of Topliss-reactive ketones (excluding diaryl/α,β-unsaturated/α-hetero) is 1. The second-order valence-electron chi connectivity index (χ2n) is 2.28. The number of ketones is 1. The zero-order valence-electron chi connectivity index (χ0n) is 6.63. The molecule has 1 aromatic heterocycles. The molecule has 0 aliphatic rings. The Morgan fingerprint density at radius 2 is 2.27 bits per heavy atom. The lowest BCUT2D eigenvalue weighted by Gasteiger charge is -1.88. The van der Waals surface area contributed by atoms with E-state index in [0.717, 1.165) is 10.0 Å². The molecule has 0 aliphatic carbocycles. The molecule has 0 saturated heterocycles. The largest absolute Gasteiger partial charge is 0.299 e. The highest BCUT2D eigenvalue weighted by atomic mass is 32.1. The molecule has 0 spiro atoms. The molecule has 0 amide bonds. The van der Waals surface area contributed by atoms with Crippen LogP contribution in [0.25, 0.3) is 0 Å². The van der Waals surface area contributed by atoms with Crippen LogP contribution in [0.4, 0.5) is 0 Å². The van der Waals surface area contributed by atoms with Gasteiger partial charge in [-0.15, -0.1) is 21.5 Å². The van der Waals surface area contributed by atoms with Crippen LogP contribution < -0.4 is 0 Å². The summed E-state index contributed by atoms with van der Waals surface area (Å²) in [7, 11) is 0. The number of carbonyl (C=O) groups is 1. The lowest BCUT2D eigenvalue weighted by Crippen LogP contribution is -1.99. The summed E-state index contributed by atoms with van der Waals surface area (Å²) in [6, 6.07) is 0. The Bertz CT molecular complexity index is 257. The molecule has 60 valence electrons. The van der Waals surface area contributed by atoms with Crippen molar-refractivity contribution in [2.24, 2.45) is 0 Å². The lowest BCUT2D eigenvalue weighted by molar-refractivity contribution is -0.118. The third kappa shape index (κ3) is 2.38. The first-order valence-corrected chi connectivity index (χ1v) is 4.34. The number of hydrogen-bond donors (Lipinski definition) is 0. The number of nitrogens with zero attached hydrogens (tertiary/aromatic N) is 2. The van der Waals surface area contributed by atoms with E-state index >= 15 is 0 Å². The van der Waals surface area contributed by atoms with E-state index in [-0.39, 0.29) is 5.78 Å². The van der Waals surface area contributed by atoms with Crippen molar-refractivity contribution in [3.63, 3.8) is 0 Å². The van der Waals surface area contributed by atoms with E-state index in [1.54, 1.807) is 0 Å². The topological polar surface area (TPSA) is 42.9 Å². The van der Waals surface area contributed by atoms with E-state index in [4.69, 9.17) is 0 Å². The van der Waals surface area contributed by atoms with Crippen LogP contribution >= 0.6 is 11.3 Å². The standard InChI is InChI=1S/C7H10N2OS/c1-3-6(10)4-7-9-8-5(2)11-7/h3-4H2,1-2H3. The smallest absolute Gasteiger partial charge is 0.139 e. The Morgan fingerprint density at radius 1 is 1.55 bits per heavy atom. The maximum absolute atomic E-state index is 10.9. The molecular formula is C7H10N2OS. The predicted molar refractivity (Wildman–Crippen MR) is 43.6 cm³/mol. The van der Waals surface area contributed by atoms with Gasteiger partial charge in [-0.1, -0.05) is 6.92 Å². The van der Waals surface area contributed by atoms with E-state index in [0.29, 0.717) is 12.8 Å². The van der Waals surface area contributed by atoms with Gasteiger partial charge < -0.3 is 0 Å². The highest BCUT2D eigenvalue weighted by Crippen LogP contribution is 2.09. The first-order valence-electron chi connectivity index (χ1n) is 3.53. The van der Waals surface area contributed by atoms with Crippen molar-refractivity contribution >= 4 is 17.1 Å². The summed E-state index contributed by atoms with van der Waals surface area (Å²) < 4.78 is 0. The molecule has 11 heavy (non-hydrogen) atoms. The van der Waals surface area contributed by atoms with Crippen molar-refractivity contribution in [3.05, 3.63) is 10.0 Å². The lowest BCUT2D eigenvalue weighted by atomic mass is 10.2. The van der Waals surface area contributed by atoms with Crippen LogP contribution in [0.2, 0.25) is 0 Å². The van der Waals surface area contributed by atoms with Gasteiger partial charge in [0.25, 0.3) is 0 Å². The average Bonchev–Trinajstić information content (AvgIpc) is 2.35. The highest BCUT2D eigenvalue weighted by Gasteiger charge is 2.04. The molecule has 0 saturated carbocycles. The molecule has 4 heteroatoms. The Morgan fingerprint density at radius 3 is 2.73 bits per heavy atom. The molecule has 0 atom stereocenters. The molecule has 1 aromatic rings. The minimum absolute atomic E-state index is 0.223. The molecule has 1 rings (SSSR count). The number of aryl methyl sites for hydroxylation is 1. The van der Waals surface area contributed by atoms with Crippen molar-refractivity contribution < 1.29 is 4.79 Å². The predicted octanol–water partition coefficient (Wildman–Crippen LogP) is 1.37. The molecule has 0 N–H and O–H groups in total. The fraction of sp³-hybridized carbons (Fsp3) is 0.571. The fourth-order valence-electron chi connectivity index (χ4n) is 0.703. The molecule has 0 radical (unpaired) electrons. The molecule has 0 aromatic carbocycles. The molecule has 0 aliphatic heterocycles. The third-order valence-electron chi connectivity index (χ3n) is 1.31. The number of hydrogen-bond acceptors (Lipinski definition) is 4. The van der Waals surface area contributed by atoms with E-state index in [1.807, 2.05) is 13.8 Å². The summed E-state index contributed by atoms with van der Waals surface area (Å²) in [5, 5.41) is 9.42. The first-order chi connectivity index (χ1) is 5.22. The summed E-state index contributed by atoms with van der Waals surface area (Å²) in [5.74, 6) is 0.223. The van der Waals surface area contributed by atoms with Crippen LogP contribution in [0.1, 0.15) is 23.4 Å². The fourth-order valence-corrected chi connectivity index (χ4v) is 1.44. The van der Waals surface area contributed by atoms with E-state index < -0.39 is 0 Å². The summed E-state index contributed by atoms with van der Waals surface area (Å²) in [6.45, 7) is 3.74. The van der Waals surface area contributed by atoms with Gasteiger partial charge >= 0.3 is 0 Å². The Labute approximate surface area is 69.5 Å². The van der Waals surface area contributed by atoms with Crippen LogP contribution in [0, 0.1) is 6.92 Å². The van der Waals surface area contributed by atoms with Crippen molar-refractivity contribution in [3.8, 4) is 0 Å². The van der Waals surface area contributed by atoms with Gasteiger partial charge in [-0.2, -0.15) is 0 Å². The summed E-state index contributed by atoms with van der Waals surface area (Å²) in [4.78, 5) is 10.9. The normalized spacial score (nSPS) is 10.0. The van der Waals surface area contributed by atoms with Crippen molar-refractivity contribution in [2.75, 3.05) is 0 Å². The first kappa shape index (κ1) is 8.33. The van der Waals surface area contributed by atoms with Crippen molar-refractivity contribution in [2.45, 2.75) is 26.7 Å². The van der Waals surface area contributed by atoms with Crippen molar-refractivity contribution in [1.29, 1.82) is 0 Å². The van der Waals surface area contributed by atoms with Gasteiger partial charge in [-0.25, -0.2) is 0 Å². The Hall–Kier alpha value is -0.770. The second kappa shape index (κ2) is 3.57. The minimum atomic E-state index is 0.223. The zero-order chi connectivity index (χ0) is 8.27. The molecule has 0 fully saturated rings. The summed E-state index contributed by atoms with van der Waals surface area (Å²) >= 11 is 1.49. The van der Waals surface area contributed by atoms with Gasteiger partial charge in [0.1, 0.15) is 15.8 Å². The highest BCUT2D eigenvalue weighted by molar-refractivity contribution is 7.11. The molecular weight excluding hydrogens is 160 g/mol. The SMILES string of the molecule is CCC(=O)Cc1nnc(C)s1. The maximum atomic E-state index is 10.9. The van der Waals surface area contributed by atoms with Crippen LogP contribution in [0.5, 0.6) is 0 Å². The van der Waals surface area contributed by atoms with Gasteiger partial charge in [-0.3, -0.25) is 4.79 Å².